The number of amides is 1. The largest absolute Gasteiger partial charge is 0.493 e. The second-order valence-corrected chi connectivity index (χ2v) is 4.91. The van der Waals surface area contributed by atoms with Gasteiger partial charge in [0.2, 0.25) is 5.91 Å². The zero-order chi connectivity index (χ0) is 17.2. The first kappa shape index (κ1) is 18.6. The van der Waals surface area contributed by atoms with Gasteiger partial charge in [0, 0.05) is 32.4 Å². The van der Waals surface area contributed by atoms with Gasteiger partial charge in [-0.2, -0.15) is 0 Å². The lowest BCUT2D eigenvalue weighted by Gasteiger charge is -2.15. The monoisotopic (exact) mass is 322 g/mol. The number of aliphatic imine (C=N–C) groups is 1. The van der Waals surface area contributed by atoms with Gasteiger partial charge in [0.15, 0.2) is 17.5 Å². The van der Waals surface area contributed by atoms with E-state index < -0.39 is 0 Å². The van der Waals surface area contributed by atoms with Crippen LogP contribution in [0.1, 0.15) is 13.8 Å². The molecule has 1 aromatic rings. The van der Waals surface area contributed by atoms with Crippen LogP contribution in [0.3, 0.4) is 0 Å². The zero-order valence-electron chi connectivity index (χ0n) is 14.5. The number of hydrogen-bond donors (Lipinski definition) is 2. The molecule has 0 saturated carbocycles. The van der Waals surface area contributed by atoms with Crippen molar-refractivity contribution in [1.82, 2.24) is 10.2 Å². The van der Waals surface area contributed by atoms with Crippen LogP contribution in [0.2, 0.25) is 0 Å². The van der Waals surface area contributed by atoms with Crippen LogP contribution in [-0.4, -0.2) is 57.7 Å². The highest BCUT2D eigenvalue weighted by Crippen LogP contribution is 2.30. The van der Waals surface area contributed by atoms with Crippen LogP contribution in [0, 0.1) is 0 Å². The number of hydrogen-bond acceptors (Lipinski definition) is 4. The summed E-state index contributed by atoms with van der Waals surface area (Å²) in [5, 5.41) is 6.25. The standard InChI is InChI=1S/C16H26N4O3/c1-6-17-16(18-11-15(21)20(3)4)19-12-8-9-13(23-7-2)14(10-12)22-5/h8-10H,6-7,11H2,1-5H3,(H2,17,18,19). The molecule has 0 aliphatic carbocycles. The molecule has 0 radical (unpaired) electrons. The molecule has 0 aliphatic heterocycles. The predicted molar refractivity (Wildman–Crippen MR) is 92.5 cm³/mol. The van der Waals surface area contributed by atoms with Gasteiger partial charge in [0.1, 0.15) is 6.54 Å². The summed E-state index contributed by atoms with van der Waals surface area (Å²) in [6, 6.07) is 5.53. The maximum Gasteiger partial charge on any atom is 0.243 e. The SMILES string of the molecule is CCNC(=NCC(=O)N(C)C)Nc1ccc(OCC)c(OC)c1. The van der Waals surface area contributed by atoms with Crippen LogP contribution < -0.4 is 20.1 Å². The summed E-state index contributed by atoms with van der Waals surface area (Å²) in [6.45, 7) is 5.22. The first-order valence-electron chi connectivity index (χ1n) is 7.58. The molecule has 0 saturated heterocycles. The van der Waals surface area contributed by atoms with Crippen LogP contribution >= 0.6 is 0 Å². The van der Waals surface area contributed by atoms with Crippen molar-refractivity contribution in [1.29, 1.82) is 0 Å². The molecule has 0 aliphatic rings. The Balaban J connectivity index is 2.87. The van der Waals surface area contributed by atoms with Crippen LogP contribution in [0.25, 0.3) is 0 Å². The molecule has 0 spiro atoms. The molecule has 7 heteroatoms. The van der Waals surface area contributed by atoms with Crippen molar-refractivity contribution in [3.8, 4) is 11.5 Å². The highest BCUT2D eigenvalue weighted by Gasteiger charge is 2.08. The van der Waals surface area contributed by atoms with Crippen molar-refractivity contribution in [3.05, 3.63) is 18.2 Å². The van der Waals surface area contributed by atoms with Crippen LogP contribution in [-0.2, 0) is 4.79 Å². The molecule has 0 atom stereocenters. The van der Waals surface area contributed by atoms with Gasteiger partial charge in [-0.3, -0.25) is 4.79 Å². The van der Waals surface area contributed by atoms with E-state index in [-0.39, 0.29) is 12.5 Å². The van der Waals surface area contributed by atoms with Crippen LogP contribution in [0.5, 0.6) is 11.5 Å². The van der Waals surface area contributed by atoms with Gasteiger partial charge in [-0.15, -0.1) is 0 Å². The van der Waals surface area contributed by atoms with Gasteiger partial charge >= 0.3 is 0 Å². The van der Waals surface area contributed by atoms with Crippen molar-refractivity contribution >= 4 is 17.6 Å². The molecular weight excluding hydrogens is 296 g/mol. The highest BCUT2D eigenvalue weighted by molar-refractivity contribution is 5.95. The average Bonchev–Trinajstić information content (AvgIpc) is 2.53. The second-order valence-electron chi connectivity index (χ2n) is 4.91. The third-order valence-corrected chi connectivity index (χ3v) is 2.94. The molecule has 0 bridgehead atoms. The van der Waals surface area contributed by atoms with E-state index in [1.54, 1.807) is 21.2 Å². The molecule has 2 N–H and O–H groups in total. The molecule has 0 unspecified atom stereocenters. The first-order valence-corrected chi connectivity index (χ1v) is 7.58. The van der Waals surface area contributed by atoms with E-state index in [9.17, 15) is 4.79 Å². The maximum absolute atomic E-state index is 11.6. The smallest absolute Gasteiger partial charge is 0.243 e. The topological polar surface area (TPSA) is 75.2 Å². The number of ether oxygens (including phenoxy) is 2. The van der Waals surface area contributed by atoms with Crippen molar-refractivity contribution in [2.45, 2.75) is 13.8 Å². The van der Waals surface area contributed by atoms with Crippen molar-refractivity contribution < 1.29 is 14.3 Å². The van der Waals surface area contributed by atoms with Gasteiger partial charge in [-0.05, 0) is 26.0 Å². The molecule has 1 amide bonds. The van der Waals surface area contributed by atoms with E-state index >= 15 is 0 Å². The molecule has 7 nitrogen and oxygen atoms in total. The number of anilines is 1. The summed E-state index contributed by atoms with van der Waals surface area (Å²) in [5.41, 5.74) is 0.794. The fraction of sp³-hybridized carbons (Fsp3) is 0.500. The quantitative estimate of drug-likeness (QED) is 0.588. The first-order chi connectivity index (χ1) is 11.0. The third kappa shape index (κ3) is 6.06. The lowest BCUT2D eigenvalue weighted by atomic mass is 10.2. The molecule has 0 fully saturated rings. The molecule has 128 valence electrons. The van der Waals surface area contributed by atoms with E-state index in [0.717, 1.165) is 5.69 Å². The van der Waals surface area contributed by atoms with Crippen molar-refractivity contribution in [2.24, 2.45) is 4.99 Å². The molecule has 1 rings (SSSR count). The molecule has 23 heavy (non-hydrogen) atoms. The number of guanidine groups is 1. The Morgan fingerprint density at radius 3 is 2.57 bits per heavy atom. The van der Waals surface area contributed by atoms with Crippen LogP contribution in [0.4, 0.5) is 5.69 Å². The van der Waals surface area contributed by atoms with Gasteiger partial charge in [0.05, 0.1) is 13.7 Å². The van der Waals surface area contributed by atoms with E-state index in [2.05, 4.69) is 15.6 Å². The summed E-state index contributed by atoms with van der Waals surface area (Å²) in [6.07, 6.45) is 0. The number of likely N-dealkylation sites (N-methyl/N-ethyl adjacent to an activating group) is 1. The fourth-order valence-corrected chi connectivity index (χ4v) is 1.75. The number of methoxy groups -OCH3 is 1. The molecular formula is C16H26N4O3. The number of carbonyl (C=O) groups is 1. The lowest BCUT2D eigenvalue weighted by molar-refractivity contribution is -0.127. The lowest BCUT2D eigenvalue weighted by Crippen LogP contribution is -2.32. The number of carbonyl (C=O) groups excluding carboxylic acids is 1. The Morgan fingerprint density at radius 1 is 1.26 bits per heavy atom. The molecule has 0 heterocycles. The van der Waals surface area contributed by atoms with E-state index in [0.29, 0.717) is 30.6 Å². The summed E-state index contributed by atoms with van der Waals surface area (Å²) >= 11 is 0. The highest BCUT2D eigenvalue weighted by atomic mass is 16.5. The van der Waals surface area contributed by atoms with Crippen molar-refractivity contribution in [3.63, 3.8) is 0 Å². The number of rotatable bonds is 7. The minimum absolute atomic E-state index is 0.0634. The van der Waals surface area contributed by atoms with Gasteiger partial charge in [-0.1, -0.05) is 0 Å². The number of benzene rings is 1. The van der Waals surface area contributed by atoms with E-state index in [1.807, 2.05) is 32.0 Å². The van der Waals surface area contributed by atoms with Crippen LogP contribution in [0.15, 0.2) is 23.2 Å². The fourth-order valence-electron chi connectivity index (χ4n) is 1.75. The zero-order valence-corrected chi connectivity index (χ0v) is 14.5. The summed E-state index contributed by atoms with van der Waals surface area (Å²) in [7, 11) is 5.00. The van der Waals surface area contributed by atoms with E-state index in [4.69, 9.17) is 9.47 Å². The Labute approximate surface area is 137 Å². The number of nitrogens with one attached hydrogen (secondary N) is 2. The minimum atomic E-state index is -0.0634. The Morgan fingerprint density at radius 2 is 2.00 bits per heavy atom. The van der Waals surface area contributed by atoms with Gasteiger partial charge < -0.3 is 25.0 Å². The number of nitrogens with zero attached hydrogens (tertiary/aromatic N) is 2. The maximum atomic E-state index is 11.6. The van der Waals surface area contributed by atoms with Gasteiger partial charge in [-0.25, -0.2) is 4.99 Å². The third-order valence-electron chi connectivity index (χ3n) is 2.94. The Bertz CT molecular complexity index is 544. The predicted octanol–water partition coefficient (Wildman–Crippen LogP) is 1.56. The summed E-state index contributed by atoms with van der Waals surface area (Å²) in [5.74, 6) is 1.79. The molecule has 1 aromatic carbocycles. The normalized spacial score (nSPS) is 10.9. The second kappa shape index (κ2) is 9.55. The van der Waals surface area contributed by atoms with Crippen molar-refractivity contribution in [2.75, 3.05) is 46.2 Å². The summed E-state index contributed by atoms with van der Waals surface area (Å²) in [4.78, 5) is 17.4. The molecule has 0 aromatic heterocycles. The average molecular weight is 322 g/mol. The van der Waals surface area contributed by atoms with E-state index in [1.165, 1.54) is 4.90 Å². The Kier molecular flexibility index (Phi) is 7.73. The Hall–Kier alpha value is -2.44. The minimum Gasteiger partial charge on any atom is -0.493 e. The van der Waals surface area contributed by atoms with Gasteiger partial charge in [0.25, 0.3) is 0 Å². The summed E-state index contributed by atoms with van der Waals surface area (Å²) < 4.78 is 10.8.